The Bertz CT molecular complexity index is 1170. The minimum Gasteiger partial charge on any atom is -0.481 e. The van der Waals surface area contributed by atoms with Crippen LogP contribution in [0.3, 0.4) is 0 Å². The van der Waals surface area contributed by atoms with E-state index in [9.17, 15) is 22.8 Å². The SMILES string of the molecule is Cc1nn(Cc2ccc(NC(=O)c3ccc(C(F)(F)F)cc3)cc2Cl)c(C)c1CC(=O)O. The first-order valence-corrected chi connectivity index (χ1v) is 9.85. The number of aromatic nitrogens is 2. The molecule has 0 saturated heterocycles. The number of amides is 1. The maximum absolute atomic E-state index is 12.7. The molecule has 6 nitrogen and oxygen atoms in total. The van der Waals surface area contributed by atoms with Gasteiger partial charge in [-0.15, -0.1) is 0 Å². The van der Waals surface area contributed by atoms with Crippen molar-refractivity contribution >= 4 is 29.2 Å². The van der Waals surface area contributed by atoms with E-state index in [0.29, 0.717) is 34.1 Å². The van der Waals surface area contributed by atoms with Gasteiger partial charge >= 0.3 is 12.1 Å². The third kappa shape index (κ3) is 5.28. The largest absolute Gasteiger partial charge is 0.481 e. The average Bonchev–Trinajstić information content (AvgIpc) is 2.96. The van der Waals surface area contributed by atoms with E-state index in [4.69, 9.17) is 16.7 Å². The molecule has 0 bridgehead atoms. The quantitative estimate of drug-likeness (QED) is 0.530. The predicted octanol–water partition coefficient (Wildman–Crippen LogP) is 5.10. The Morgan fingerprint density at radius 3 is 2.34 bits per heavy atom. The van der Waals surface area contributed by atoms with E-state index in [1.165, 1.54) is 6.07 Å². The number of alkyl halides is 3. The summed E-state index contributed by atoms with van der Waals surface area (Å²) >= 11 is 6.35. The molecule has 0 aliphatic rings. The van der Waals surface area contributed by atoms with Crippen LogP contribution in [0.15, 0.2) is 42.5 Å². The summed E-state index contributed by atoms with van der Waals surface area (Å²) in [5.41, 5.74) is 2.32. The van der Waals surface area contributed by atoms with E-state index in [1.807, 2.05) is 0 Å². The molecule has 0 aliphatic heterocycles. The Morgan fingerprint density at radius 2 is 1.78 bits per heavy atom. The highest BCUT2D eigenvalue weighted by Crippen LogP contribution is 2.29. The molecule has 0 fully saturated rings. The lowest BCUT2D eigenvalue weighted by molar-refractivity contribution is -0.138. The van der Waals surface area contributed by atoms with Crippen LogP contribution in [0.25, 0.3) is 0 Å². The third-order valence-electron chi connectivity index (χ3n) is 4.96. The standard InChI is InChI=1S/C22H19ClF3N3O3/c1-12-18(10-20(30)31)13(2)29(28-12)11-15-5-8-17(9-19(15)23)27-21(32)14-3-6-16(7-4-14)22(24,25)26/h3-9H,10-11H2,1-2H3,(H,27,32)(H,30,31). The second-order valence-corrected chi connectivity index (χ2v) is 7.62. The average molecular weight is 466 g/mol. The smallest absolute Gasteiger partial charge is 0.416 e. The summed E-state index contributed by atoms with van der Waals surface area (Å²) in [5, 5.41) is 16.4. The molecule has 0 radical (unpaired) electrons. The third-order valence-corrected chi connectivity index (χ3v) is 5.32. The highest BCUT2D eigenvalue weighted by Gasteiger charge is 2.30. The fraction of sp³-hybridized carbons (Fsp3) is 0.227. The first kappa shape index (κ1) is 23.3. The van der Waals surface area contributed by atoms with E-state index in [0.717, 1.165) is 30.0 Å². The monoisotopic (exact) mass is 465 g/mol. The van der Waals surface area contributed by atoms with Crippen LogP contribution >= 0.6 is 11.6 Å². The van der Waals surface area contributed by atoms with E-state index in [2.05, 4.69) is 10.4 Å². The number of carbonyl (C=O) groups excluding carboxylic acids is 1. The molecule has 2 aromatic carbocycles. The molecule has 3 aromatic rings. The Labute approximate surface area is 186 Å². The van der Waals surface area contributed by atoms with E-state index in [-0.39, 0.29) is 12.0 Å². The molecule has 32 heavy (non-hydrogen) atoms. The van der Waals surface area contributed by atoms with Crippen molar-refractivity contribution < 1.29 is 27.9 Å². The number of aryl methyl sites for hydroxylation is 1. The predicted molar refractivity (Wildman–Crippen MR) is 113 cm³/mol. The first-order chi connectivity index (χ1) is 15.0. The van der Waals surface area contributed by atoms with Gasteiger partial charge in [0, 0.05) is 27.5 Å². The van der Waals surface area contributed by atoms with Crippen molar-refractivity contribution in [3.05, 3.63) is 81.1 Å². The second kappa shape index (κ2) is 9.04. The number of hydrogen-bond acceptors (Lipinski definition) is 3. The normalized spacial score (nSPS) is 11.4. The summed E-state index contributed by atoms with van der Waals surface area (Å²) in [5.74, 6) is -1.51. The Kier molecular flexibility index (Phi) is 6.59. The summed E-state index contributed by atoms with van der Waals surface area (Å²) < 4.78 is 39.6. The van der Waals surface area contributed by atoms with Gasteiger partial charge in [0.2, 0.25) is 0 Å². The zero-order valence-electron chi connectivity index (χ0n) is 17.1. The van der Waals surface area contributed by atoms with Crippen LogP contribution in [0.4, 0.5) is 18.9 Å². The number of nitrogens with one attached hydrogen (secondary N) is 1. The summed E-state index contributed by atoms with van der Waals surface area (Å²) in [6.45, 7) is 3.83. The number of rotatable bonds is 6. The van der Waals surface area contributed by atoms with Crippen LogP contribution in [0.1, 0.15) is 38.4 Å². The summed E-state index contributed by atoms with van der Waals surface area (Å²) in [4.78, 5) is 23.4. The fourth-order valence-corrected chi connectivity index (χ4v) is 3.46. The summed E-state index contributed by atoms with van der Waals surface area (Å²) in [7, 11) is 0. The van der Waals surface area contributed by atoms with Gasteiger partial charge in [0.15, 0.2) is 0 Å². The van der Waals surface area contributed by atoms with Crippen LogP contribution in [-0.4, -0.2) is 26.8 Å². The second-order valence-electron chi connectivity index (χ2n) is 7.21. The fourth-order valence-electron chi connectivity index (χ4n) is 3.22. The highest BCUT2D eigenvalue weighted by molar-refractivity contribution is 6.31. The Morgan fingerprint density at radius 1 is 1.12 bits per heavy atom. The number of carboxylic acid groups (broad SMARTS) is 1. The molecule has 0 unspecified atom stereocenters. The van der Waals surface area contributed by atoms with Crippen molar-refractivity contribution in [2.45, 2.75) is 33.0 Å². The number of hydrogen-bond donors (Lipinski definition) is 2. The minimum absolute atomic E-state index is 0.0757. The number of aliphatic carboxylic acids is 1. The highest BCUT2D eigenvalue weighted by atomic mass is 35.5. The van der Waals surface area contributed by atoms with Crippen molar-refractivity contribution in [1.29, 1.82) is 0 Å². The van der Waals surface area contributed by atoms with Crippen LogP contribution in [0, 0.1) is 13.8 Å². The Hall–Kier alpha value is -3.33. The maximum atomic E-state index is 12.7. The molecular formula is C22H19ClF3N3O3. The molecule has 1 aromatic heterocycles. The molecule has 1 amide bonds. The lowest BCUT2D eigenvalue weighted by atomic mass is 10.1. The molecule has 2 N–H and O–H groups in total. The van der Waals surface area contributed by atoms with Crippen LogP contribution in [0.5, 0.6) is 0 Å². The molecule has 0 saturated carbocycles. The van der Waals surface area contributed by atoms with Crippen molar-refractivity contribution in [2.75, 3.05) is 5.32 Å². The lowest BCUT2D eigenvalue weighted by Gasteiger charge is -2.11. The number of carboxylic acids is 1. The van der Waals surface area contributed by atoms with Gasteiger partial charge in [-0.05, 0) is 55.8 Å². The number of halogens is 4. The number of nitrogens with zero attached hydrogens (tertiary/aromatic N) is 2. The summed E-state index contributed by atoms with van der Waals surface area (Å²) in [6.07, 6.45) is -4.60. The van der Waals surface area contributed by atoms with Crippen molar-refractivity contribution in [3.8, 4) is 0 Å². The topological polar surface area (TPSA) is 84.2 Å². The van der Waals surface area contributed by atoms with Crippen molar-refractivity contribution in [3.63, 3.8) is 0 Å². The molecule has 3 rings (SSSR count). The van der Waals surface area contributed by atoms with Gasteiger partial charge in [-0.3, -0.25) is 14.3 Å². The molecular weight excluding hydrogens is 447 g/mol. The zero-order chi connectivity index (χ0) is 23.6. The molecule has 168 valence electrons. The molecule has 0 spiro atoms. The number of anilines is 1. The van der Waals surface area contributed by atoms with Gasteiger partial charge < -0.3 is 10.4 Å². The maximum Gasteiger partial charge on any atom is 0.416 e. The minimum atomic E-state index is -4.47. The van der Waals surface area contributed by atoms with Crippen LogP contribution < -0.4 is 5.32 Å². The summed E-state index contributed by atoms with van der Waals surface area (Å²) in [6, 6.07) is 8.74. The zero-order valence-corrected chi connectivity index (χ0v) is 17.9. The van der Waals surface area contributed by atoms with E-state index < -0.39 is 23.6 Å². The van der Waals surface area contributed by atoms with Gasteiger partial charge in [0.05, 0.1) is 24.2 Å². The van der Waals surface area contributed by atoms with Gasteiger partial charge in [0.25, 0.3) is 5.91 Å². The first-order valence-electron chi connectivity index (χ1n) is 9.47. The van der Waals surface area contributed by atoms with Gasteiger partial charge in [-0.2, -0.15) is 18.3 Å². The van der Waals surface area contributed by atoms with Crippen molar-refractivity contribution in [2.24, 2.45) is 0 Å². The van der Waals surface area contributed by atoms with E-state index >= 15 is 0 Å². The molecule has 1 heterocycles. The van der Waals surface area contributed by atoms with Crippen molar-refractivity contribution in [1.82, 2.24) is 9.78 Å². The molecule has 0 aliphatic carbocycles. The van der Waals surface area contributed by atoms with Gasteiger partial charge in [-0.1, -0.05) is 17.7 Å². The van der Waals surface area contributed by atoms with Crippen LogP contribution in [-0.2, 0) is 23.9 Å². The van der Waals surface area contributed by atoms with Gasteiger partial charge in [-0.25, -0.2) is 0 Å². The Balaban J connectivity index is 1.73. The van der Waals surface area contributed by atoms with E-state index in [1.54, 1.807) is 30.7 Å². The number of carbonyl (C=O) groups is 2. The number of benzene rings is 2. The lowest BCUT2D eigenvalue weighted by Crippen LogP contribution is -2.13. The molecule has 10 heteroatoms. The van der Waals surface area contributed by atoms with Gasteiger partial charge in [0.1, 0.15) is 0 Å². The van der Waals surface area contributed by atoms with Crippen LogP contribution in [0.2, 0.25) is 5.02 Å². The molecule has 0 atom stereocenters.